The van der Waals surface area contributed by atoms with Crippen molar-refractivity contribution < 1.29 is 23.9 Å². The fraction of sp³-hybridized carbons (Fsp3) is 0.314. The van der Waals surface area contributed by atoms with Gasteiger partial charge in [-0.3, -0.25) is 10.1 Å². The van der Waals surface area contributed by atoms with Crippen molar-refractivity contribution in [3.8, 4) is 44.8 Å². The van der Waals surface area contributed by atoms with E-state index in [2.05, 4.69) is 117 Å². The first kappa shape index (κ1) is 43.5. The number of ether oxygens (including phenoxy) is 2. The number of imidazole rings is 2. The van der Waals surface area contributed by atoms with E-state index in [0.717, 1.165) is 111 Å². The molecule has 13 heteroatoms. The van der Waals surface area contributed by atoms with Crippen LogP contribution in [0.4, 0.5) is 9.59 Å². The largest absolute Gasteiger partial charge is 0.453 e. The van der Waals surface area contributed by atoms with Gasteiger partial charge in [0.2, 0.25) is 5.91 Å². The molecule has 3 atom stereocenters. The molecule has 3 amide bonds. The molecule has 64 heavy (non-hydrogen) atoms. The summed E-state index contributed by atoms with van der Waals surface area (Å²) in [4.78, 5) is 58.4. The first-order valence-corrected chi connectivity index (χ1v) is 21.9. The number of carbonyl (C=O) groups is 3. The van der Waals surface area contributed by atoms with Gasteiger partial charge in [0.05, 0.1) is 61.5 Å². The highest BCUT2D eigenvalue weighted by molar-refractivity contribution is 6.04. The molecule has 0 aliphatic carbocycles. The van der Waals surface area contributed by atoms with E-state index in [1.54, 1.807) is 0 Å². The molecule has 0 unspecified atom stereocenters. The summed E-state index contributed by atoms with van der Waals surface area (Å²) in [7, 11) is 2.65. The fourth-order valence-corrected chi connectivity index (χ4v) is 9.13. The third-order valence-corrected chi connectivity index (χ3v) is 12.5. The molecule has 2 fully saturated rings. The number of rotatable bonds is 12. The zero-order chi connectivity index (χ0) is 45.1. The van der Waals surface area contributed by atoms with Crippen molar-refractivity contribution in [1.29, 1.82) is 0 Å². The number of carbonyl (C=O) groups excluding carboxylic acids is 3. The number of hydrogen-bond donors (Lipinski definition) is 4. The molecule has 0 radical (unpaired) electrons. The van der Waals surface area contributed by atoms with Crippen LogP contribution in [0.3, 0.4) is 0 Å². The van der Waals surface area contributed by atoms with Gasteiger partial charge in [-0.1, -0.05) is 111 Å². The van der Waals surface area contributed by atoms with E-state index in [9.17, 15) is 14.4 Å². The molecule has 0 saturated carbocycles. The van der Waals surface area contributed by atoms with Crippen LogP contribution in [0.25, 0.3) is 55.5 Å². The Labute approximate surface area is 374 Å². The zero-order valence-corrected chi connectivity index (χ0v) is 37.3. The van der Waals surface area contributed by atoms with Gasteiger partial charge in [-0.15, -0.1) is 0 Å². The summed E-state index contributed by atoms with van der Waals surface area (Å²) in [5.74, 6) is 1.36. The number of allylic oxidation sites excluding steroid dienone is 1. The minimum absolute atomic E-state index is 0.00297. The predicted octanol–water partition coefficient (Wildman–Crippen LogP) is 10.3. The summed E-state index contributed by atoms with van der Waals surface area (Å²) >= 11 is 0. The van der Waals surface area contributed by atoms with Crippen LogP contribution in [0.15, 0.2) is 121 Å². The van der Waals surface area contributed by atoms with E-state index in [1.807, 2.05) is 45.0 Å². The Hall–Kier alpha value is -7.15. The summed E-state index contributed by atoms with van der Waals surface area (Å²) in [5.41, 5.74) is 10.7. The van der Waals surface area contributed by atoms with E-state index in [1.165, 1.54) is 14.2 Å². The maximum atomic E-state index is 13.6. The molecule has 13 nitrogen and oxygen atoms in total. The van der Waals surface area contributed by atoms with Gasteiger partial charge in [0, 0.05) is 13.1 Å². The van der Waals surface area contributed by atoms with Gasteiger partial charge < -0.3 is 34.6 Å². The van der Waals surface area contributed by atoms with Crippen molar-refractivity contribution in [2.24, 2.45) is 5.92 Å². The molecule has 4 heterocycles. The molecule has 2 saturated heterocycles. The molecule has 8 rings (SSSR count). The van der Waals surface area contributed by atoms with E-state index in [4.69, 9.17) is 19.4 Å². The van der Waals surface area contributed by atoms with Gasteiger partial charge in [-0.2, -0.15) is 0 Å². The number of hydrogen-bond acceptors (Lipinski definition) is 8. The van der Waals surface area contributed by atoms with E-state index < -0.39 is 18.2 Å². The van der Waals surface area contributed by atoms with Crippen LogP contribution in [0.5, 0.6) is 0 Å². The van der Waals surface area contributed by atoms with Gasteiger partial charge in [-0.05, 0) is 89.6 Å². The lowest BCUT2D eigenvalue weighted by Gasteiger charge is -2.30. The Morgan fingerprint density at radius 3 is 1.62 bits per heavy atom. The number of methoxy groups -OCH3 is 2. The number of benzene rings is 4. The third-order valence-electron chi connectivity index (χ3n) is 12.5. The fourth-order valence-electron chi connectivity index (χ4n) is 9.13. The lowest BCUT2D eigenvalue weighted by molar-refractivity contribution is -0.135. The average Bonchev–Trinajstić information content (AvgIpc) is 4.16. The molecule has 0 spiro atoms. The monoisotopic (exact) mass is 860 g/mol. The lowest BCUT2D eigenvalue weighted by atomic mass is 9.92. The van der Waals surface area contributed by atoms with Gasteiger partial charge in [0.15, 0.2) is 0 Å². The third kappa shape index (κ3) is 8.75. The second-order valence-corrected chi connectivity index (χ2v) is 17.1. The number of amides is 3. The highest BCUT2D eigenvalue weighted by Gasteiger charge is 2.37. The van der Waals surface area contributed by atoms with Crippen molar-refractivity contribution in [3.63, 3.8) is 0 Å². The van der Waals surface area contributed by atoms with Crippen molar-refractivity contribution in [3.05, 3.63) is 133 Å². The van der Waals surface area contributed by atoms with E-state index in [0.29, 0.717) is 12.2 Å². The molecule has 2 aliphatic heterocycles. The second kappa shape index (κ2) is 18.7. The smallest absolute Gasteiger partial charge is 0.411 e. The zero-order valence-electron chi connectivity index (χ0n) is 37.3. The highest BCUT2D eigenvalue weighted by Crippen LogP contribution is 2.39. The SMILES string of the molecule is C=C(C(NC(=O)OC)=C(C)C)N1CCC[C@H]1c1ncc(-c2ccc(-c3cccc4c(-c5ccc(-c6cnc([C@@H]7CCCN7C(=O)[C@@H](NC(=O)OC)C(C)C)[nH]6)cc5)cccc34)cc2)[nH]1. The van der Waals surface area contributed by atoms with Gasteiger partial charge in [0.1, 0.15) is 17.7 Å². The Morgan fingerprint density at radius 1 is 0.688 bits per heavy atom. The standard InChI is InChI=1S/C51H56N8O5/c1-30(2)45(56-50(61)63-6)32(5)58-26-10-16-43(58)47-52-28-41(54-47)35-22-18-33(19-23-35)37-12-8-15-40-38(13-9-14-39(37)40)34-20-24-36(25-21-34)42-29-53-48(55-42)44-17-11-27-59(44)49(60)46(31(3)4)57-51(62)64-7/h8-9,12-15,18-25,28-29,31,43-44,46H,5,10-11,16-17,26-27H2,1-4,6-7H3,(H,52,54)(H,53,55)(H,56,61)(H,57,62)/t43-,44-,46-/m0/s1. The Kier molecular flexibility index (Phi) is 12.7. The first-order valence-electron chi connectivity index (χ1n) is 21.9. The molecular formula is C51H56N8O5. The molecule has 2 aliphatic rings. The molecule has 0 bridgehead atoms. The number of H-pyrrole nitrogens is 2. The molecular weight excluding hydrogens is 805 g/mol. The molecule has 2 aromatic heterocycles. The normalized spacial score (nSPS) is 16.5. The van der Waals surface area contributed by atoms with Crippen LogP contribution in [0, 0.1) is 5.92 Å². The van der Waals surface area contributed by atoms with E-state index >= 15 is 0 Å². The number of nitrogens with zero attached hydrogens (tertiary/aromatic N) is 4. The Balaban J connectivity index is 0.975. The van der Waals surface area contributed by atoms with E-state index in [-0.39, 0.29) is 23.9 Å². The molecule has 6 aromatic rings. The second-order valence-electron chi connectivity index (χ2n) is 17.1. The van der Waals surface area contributed by atoms with Crippen LogP contribution in [-0.2, 0) is 14.3 Å². The summed E-state index contributed by atoms with van der Waals surface area (Å²) in [6.45, 7) is 13.5. The predicted molar refractivity (Wildman–Crippen MR) is 250 cm³/mol. The van der Waals surface area contributed by atoms with Crippen LogP contribution in [0.1, 0.15) is 77.1 Å². The lowest BCUT2D eigenvalue weighted by Crippen LogP contribution is -2.51. The topological polar surface area (TPSA) is 158 Å². The first-order chi connectivity index (χ1) is 30.9. The van der Waals surface area contributed by atoms with Crippen LogP contribution in [-0.4, -0.2) is 81.2 Å². The van der Waals surface area contributed by atoms with Gasteiger partial charge in [0.25, 0.3) is 0 Å². The quantitative estimate of drug-likeness (QED) is 0.0886. The minimum Gasteiger partial charge on any atom is -0.453 e. The summed E-state index contributed by atoms with van der Waals surface area (Å²) in [6, 6.07) is 29.1. The Bertz CT molecular complexity index is 2710. The maximum absolute atomic E-state index is 13.6. The molecule has 4 aromatic carbocycles. The number of likely N-dealkylation sites (tertiary alicyclic amines) is 2. The molecule has 330 valence electrons. The van der Waals surface area contributed by atoms with Crippen LogP contribution < -0.4 is 10.6 Å². The number of nitrogens with one attached hydrogen (secondary N) is 4. The number of aromatic nitrogens is 4. The van der Waals surface area contributed by atoms with Crippen molar-refractivity contribution >= 4 is 28.9 Å². The van der Waals surface area contributed by atoms with Crippen LogP contribution >= 0.6 is 0 Å². The number of fused-ring (bicyclic) bond motifs is 1. The van der Waals surface area contributed by atoms with Crippen LogP contribution in [0.2, 0.25) is 0 Å². The van der Waals surface area contributed by atoms with Crippen molar-refractivity contribution in [2.45, 2.75) is 71.5 Å². The Morgan fingerprint density at radius 2 is 1.16 bits per heavy atom. The minimum atomic E-state index is -0.687. The average molecular weight is 861 g/mol. The molecule has 4 N–H and O–H groups in total. The van der Waals surface area contributed by atoms with Crippen molar-refractivity contribution in [1.82, 2.24) is 40.4 Å². The number of alkyl carbamates (subject to hydrolysis) is 2. The maximum Gasteiger partial charge on any atom is 0.411 e. The summed E-state index contributed by atoms with van der Waals surface area (Å²) in [5, 5.41) is 7.88. The van der Waals surface area contributed by atoms with Gasteiger partial charge >= 0.3 is 12.2 Å². The van der Waals surface area contributed by atoms with Crippen molar-refractivity contribution in [2.75, 3.05) is 27.3 Å². The highest BCUT2D eigenvalue weighted by atomic mass is 16.5. The van der Waals surface area contributed by atoms with Gasteiger partial charge in [-0.25, -0.2) is 19.6 Å². The summed E-state index contributed by atoms with van der Waals surface area (Å²) in [6.07, 6.45) is 6.12. The summed E-state index contributed by atoms with van der Waals surface area (Å²) < 4.78 is 9.64. The number of aromatic amines is 2.